The van der Waals surface area contributed by atoms with Crippen molar-refractivity contribution in [2.75, 3.05) is 0 Å². The van der Waals surface area contributed by atoms with Crippen molar-refractivity contribution in [3.8, 4) is 0 Å². The van der Waals surface area contributed by atoms with Crippen LogP contribution in [0.2, 0.25) is 0 Å². The molecule has 1 atom stereocenters. The Bertz CT molecular complexity index is 744. The van der Waals surface area contributed by atoms with Gasteiger partial charge in [-0.1, -0.05) is 15.9 Å². The van der Waals surface area contributed by atoms with Gasteiger partial charge in [0.2, 0.25) is 15.3 Å². The predicted octanol–water partition coefficient (Wildman–Crippen LogP) is 3.39. The fourth-order valence-corrected chi connectivity index (χ4v) is 3.84. The standard InChI is InChI=1S/C14H13BrClNO4S/c1-10(14(16)18)17(9-12-3-2-8-21-12)22(19,20)13-6-4-11(15)5-7-13/h2-8,10H,9H2,1H3. The van der Waals surface area contributed by atoms with E-state index in [1.165, 1.54) is 25.3 Å². The van der Waals surface area contributed by atoms with Gasteiger partial charge >= 0.3 is 0 Å². The number of rotatable bonds is 6. The molecule has 0 saturated heterocycles. The summed E-state index contributed by atoms with van der Waals surface area (Å²) in [4.78, 5) is 11.5. The van der Waals surface area contributed by atoms with Crippen LogP contribution in [-0.4, -0.2) is 24.0 Å². The molecule has 118 valence electrons. The fraction of sp³-hybridized carbons (Fsp3) is 0.214. The Kier molecular flexibility index (Phi) is 5.44. The third-order valence-electron chi connectivity index (χ3n) is 3.07. The number of hydrogen-bond donors (Lipinski definition) is 0. The van der Waals surface area contributed by atoms with Crippen molar-refractivity contribution in [2.45, 2.75) is 24.4 Å². The van der Waals surface area contributed by atoms with Crippen LogP contribution in [0.25, 0.3) is 0 Å². The lowest BCUT2D eigenvalue weighted by atomic mass is 10.3. The number of benzene rings is 1. The Morgan fingerprint density at radius 1 is 1.32 bits per heavy atom. The molecule has 0 saturated carbocycles. The first-order chi connectivity index (χ1) is 10.3. The van der Waals surface area contributed by atoms with Crippen LogP contribution in [0.4, 0.5) is 0 Å². The first-order valence-corrected chi connectivity index (χ1v) is 8.92. The maximum absolute atomic E-state index is 12.8. The molecule has 0 spiro atoms. The van der Waals surface area contributed by atoms with Gasteiger partial charge in [0.1, 0.15) is 5.76 Å². The molecule has 2 rings (SSSR count). The molecule has 5 nitrogen and oxygen atoms in total. The minimum atomic E-state index is -3.89. The normalized spacial score (nSPS) is 13.3. The van der Waals surface area contributed by atoms with Gasteiger partial charge in [-0.05, 0) is 54.9 Å². The molecule has 0 aliphatic carbocycles. The van der Waals surface area contributed by atoms with E-state index < -0.39 is 21.3 Å². The lowest BCUT2D eigenvalue weighted by Crippen LogP contribution is -2.41. The summed E-state index contributed by atoms with van der Waals surface area (Å²) in [7, 11) is -3.89. The molecule has 2 aromatic rings. The van der Waals surface area contributed by atoms with Gasteiger partial charge in [0, 0.05) is 4.47 Å². The largest absolute Gasteiger partial charge is 0.468 e. The molecule has 1 unspecified atom stereocenters. The van der Waals surface area contributed by atoms with E-state index in [0.29, 0.717) is 5.76 Å². The molecule has 0 amide bonds. The Hall–Kier alpha value is -1.15. The van der Waals surface area contributed by atoms with Crippen molar-refractivity contribution in [1.29, 1.82) is 0 Å². The number of sulfonamides is 1. The van der Waals surface area contributed by atoms with Gasteiger partial charge in [0.05, 0.1) is 23.7 Å². The van der Waals surface area contributed by atoms with Crippen LogP contribution in [0.15, 0.2) is 56.4 Å². The minimum absolute atomic E-state index is 0.0759. The Morgan fingerprint density at radius 2 is 1.95 bits per heavy atom. The van der Waals surface area contributed by atoms with Crippen LogP contribution in [0, 0.1) is 0 Å². The van der Waals surface area contributed by atoms with Gasteiger partial charge in [-0.25, -0.2) is 8.42 Å². The average Bonchev–Trinajstić information content (AvgIpc) is 2.97. The van der Waals surface area contributed by atoms with Crippen molar-refractivity contribution in [3.05, 3.63) is 52.9 Å². The van der Waals surface area contributed by atoms with Gasteiger partial charge in [0.25, 0.3) is 0 Å². The van der Waals surface area contributed by atoms with Crippen molar-refractivity contribution in [2.24, 2.45) is 0 Å². The highest BCUT2D eigenvalue weighted by atomic mass is 79.9. The second-order valence-corrected chi connectivity index (χ2v) is 7.74. The molecular weight excluding hydrogens is 394 g/mol. The summed E-state index contributed by atoms with van der Waals surface area (Å²) < 4.78 is 32.5. The summed E-state index contributed by atoms with van der Waals surface area (Å²) in [5, 5.41) is -0.757. The van der Waals surface area contributed by atoms with Crippen molar-refractivity contribution < 1.29 is 17.6 Å². The van der Waals surface area contributed by atoms with Gasteiger partial charge in [-0.3, -0.25) is 4.79 Å². The van der Waals surface area contributed by atoms with Gasteiger partial charge < -0.3 is 4.42 Å². The average molecular weight is 407 g/mol. The summed E-state index contributed by atoms with van der Waals surface area (Å²) in [5.41, 5.74) is 0. The highest BCUT2D eigenvalue weighted by Gasteiger charge is 2.33. The molecule has 0 aliphatic rings. The van der Waals surface area contributed by atoms with E-state index in [9.17, 15) is 13.2 Å². The second kappa shape index (κ2) is 6.95. The van der Waals surface area contributed by atoms with E-state index in [4.69, 9.17) is 16.0 Å². The molecule has 1 aromatic carbocycles. The van der Waals surface area contributed by atoms with Crippen LogP contribution in [0.3, 0.4) is 0 Å². The topological polar surface area (TPSA) is 67.6 Å². The highest BCUT2D eigenvalue weighted by Crippen LogP contribution is 2.23. The summed E-state index contributed by atoms with van der Waals surface area (Å²) >= 11 is 8.75. The zero-order chi connectivity index (χ0) is 16.3. The van der Waals surface area contributed by atoms with E-state index in [0.717, 1.165) is 8.78 Å². The second-order valence-electron chi connectivity index (χ2n) is 4.56. The number of furan rings is 1. The molecule has 0 bridgehead atoms. The zero-order valence-electron chi connectivity index (χ0n) is 11.6. The van der Waals surface area contributed by atoms with Gasteiger partial charge in [0.15, 0.2) is 0 Å². The van der Waals surface area contributed by atoms with Crippen LogP contribution in [0.1, 0.15) is 12.7 Å². The molecule has 0 N–H and O–H groups in total. The molecule has 0 radical (unpaired) electrons. The Morgan fingerprint density at radius 3 is 2.45 bits per heavy atom. The van der Waals surface area contributed by atoms with Crippen molar-refractivity contribution in [1.82, 2.24) is 4.31 Å². The van der Waals surface area contributed by atoms with E-state index in [2.05, 4.69) is 15.9 Å². The fourth-order valence-electron chi connectivity index (χ4n) is 1.84. The van der Waals surface area contributed by atoms with Crippen LogP contribution >= 0.6 is 27.5 Å². The summed E-state index contributed by atoms with van der Waals surface area (Å²) in [6, 6.07) is 8.42. The predicted molar refractivity (Wildman–Crippen MR) is 85.9 cm³/mol. The van der Waals surface area contributed by atoms with Crippen LogP contribution in [0.5, 0.6) is 0 Å². The summed E-state index contributed by atoms with van der Waals surface area (Å²) in [5.74, 6) is 0.422. The van der Waals surface area contributed by atoms with E-state index in [1.807, 2.05) is 0 Å². The molecular formula is C14H13BrClNO4S. The lowest BCUT2D eigenvalue weighted by molar-refractivity contribution is -0.114. The Balaban J connectivity index is 2.42. The van der Waals surface area contributed by atoms with Crippen molar-refractivity contribution >= 4 is 42.8 Å². The summed E-state index contributed by atoms with van der Waals surface area (Å²) in [6.45, 7) is 1.36. The number of hydrogen-bond acceptors (Lipinski definition) is 4. The molecule has 1 aromatic heterocycles. The maximum atomic E-state index is 12.8. The lowest BCUT2D eigenvalue weighted by Gasteiger charge is -2.25. The van der Waals surface area contributed by atoms with Crippen LogP contribution in [-0.2, 0) is 21.4 Å². The number of halogens is 2. The van der Waals surface area contributed by atoms with E-state index in [-0.39, 0.29) is 11.4 Å². The monoisotopic (exact) mass is 405 g/mol. The van der Waals surface area contributed by atoms with Crippen LogP contribution < -0.4 is 0 Å². The number of carbonyl (C=O) groups excluding carboxylic acids is 1. The molecule has 1 heterocycles. The highest BCUT2D eigenvalue weighted by molar-refractivity contribution is 9.10. The quantitative estimate of drug-likeness (QED) is 0.690. The Labute approximate surface area is 142 Å². The molecule has 22 heavy (non-hydrogen) atoms. The first-order valence-electron chi connectivity index (χ1n) is 6.31. The van der Waals surface area contributed by atoms with Gasteiger partial charge in [-0.2, -0.15) is 4.31 Å². The third kappa shape index (κ3) is 3.78. The summed E-state index contributed by atoms with van der Waals surface area (Å²) in [6.07, 6.45) is 1.44. The molecule has 0 aliphatic heterocycles. The van der Waals surface area contributed by atoms with Crippen molar-refractivity contribution in [3.63, 3.8) is 0 Å². The first kappa shape index (κ1) is 17.2. The smallest absolute Gasteiger partial charge is 0.244 e. The SMILES string of the molecule is CC(C(=O)Cl)N(Cc1ccco1)S(=O)(=O)c1ccc(Br)cc1. The third-order valence-corrected chi connectivity index (χ3v) is 5.85. The number of nitrogens with zero attached hydrogens (tertiary/aromatic N) is 1. The maximum Gasteiger partial charge on any atom is 0.244 e. The number of carbonyl (C=O) groups is 1. The van der Waals surface area contributed by atoms with E-state index in [1.54, 1.807) is 24.3 Å². The zero-order valence-corrected chi connectivity index (χ0v) is 14.7. The minimum Gasteiger partial charge on any atom is -0.468 e. The molecule has 8 heteroatoms. The molecule has 0 fully saturated rings. The van der Waals surface area contributed by atoms with E-state index >= 15 is 0 Å². The van der Waals surface area contributed by atoms with Gasteiger partial charge in [-0.15, -0.1) is 0 Å².